The Labute approximate surface area is 356 Å². The van der Waals surface area contributed by atoms with Crippen molar-refractivity contribution >= 4 is 60.4 Å². The van der Waals surface area contributed by atoms with Crippen LogP contribution in [0.15, 0.2) is 218 Å². The van der Waals surface area contributed by atoms with Crippen molar-refractivity contribution in [3.63, 3.8) is 0 Å². The molecule has 2 nitrogen and oxygen atoms in total. The smallest absolute Gasteiger partial charge is 0.0542 e. The number of hydrogen-bond donors (Lipinski definition) is 0. The highest BCUT2D eigenvalue weighted by Crippen LogP contribution is 2.53. The third-order valence-electron chi connectivity index (χ3n) is 13.1. The molecule has 0 radical (unpaired) electrons. The second kappa shape index (κ2) is 13.7. The van der Waals surface area contributed by atoms with E-state index in [0.29, 0.717) is 0 Å². The summed E-state index contributed by atoms with van der Waals surface area (Å²) in [4.78, 5) is 2.42. The zero-order chi connectivity index (χ0) is 40.7. The van der Waals surface area contributed by atoms with Gasteiger partial charge < -0.3 is 9.47 Å². The summed E-state index contributed by atoms with van der Waals surface area (Å²) in [5.74, 6) is 0. The maximum atomic E-state index is 2.48. The third-order valence-corrected chi connectivity index (χ3v) is 13.1. The molecular formula is C59H42N2. The number of anilines is 3. The molecule has 61 heavy (non-hydrogen) atoms. The molecular weight excluding hydrogens is 737 g/mol. The number of rotatable bonds is 6. The van der Waals surface area contributed by atoms with Gasteiger partial charge in [0.15, 0.2) is 0 Å². The Bertz CT molecular complexity index is 3430. The van der Waals surface area contributed by atoms with Gasteiger partial charge in [0.1, 0.15) is 0 Å². The highest BCUT2D eigenvalue weighted by Gasteiger charge is 2.36. The van der Waals surface area contributed by atoms with E-state index in [1.807, 2.05) is 0 Å². The van der Waals surface area contributed by atoms with E-state index in [0.717, 1.165) is 22.7 Å². The van der Waals surface area contributed by atoms with Gasteiger partial charge in [0.25, 0.3) is 0 Å². The van der Waals surface area contributed by atoms with E-state index in [1.54, 1.807) is 0 Å². The summed E-state index contributed by atoms with van der Waals surface area (Å²) < 4.78 is 2.38. The summed E-state index contributed by atoms with van der Waals surface area (Å²) in [7, 11) is 0. The summed E-state index contributed by atoms with van der Waals surface area (Å²) in [6, 6.07) is 80.3. The minimum Gasteiger partial charge on any atom is -0.310 e. The highest BCUT2D eigenvalue weighted by atomic mass is 15.1. The van der Waals surface area contributed by atoms with Crippen LogP contribution in [-0.4, -0.2) is 4.57 Å². The Balaban J connectivity index is 1.00. The summed E-state index contributed by atoms with van der Waals surface area (Å²) in [5, 5.41) is 7.58. The van der Waals surface area contributed by atoms with Gasteiger partial charge in [-0.3, -0.25) is 0 Å². The molecule has 0 spiro atoms. The van der Waals surface area contributed by atoms with E-state index in [-0.39, 0.29) is 5.41 Å². The predicted octanol–water partition coefficient (Wildman–Crippen LogP) is 16.2. The molecule has 2 heteroatoms. The molecule has 0 N–H and O–H groups in total. The summed E-state index contributed by atoms with van der Waals surface area (Å²) in [6.07, 6.45) is 0. The first-order chi connectivity index (χ1) is 30.0. The van der Waals surface area contributed by atoms with Gasteiger partial charge in [0.2, 0.25) is 0 Å². The van der Waals surface area contributed by atoms with Gasteiger partial charge in [-0.25, -0.2) is 0 Å². The normalized spacial score (nSPS) is 12.9. The third kappa shape index (κ3) is 5.42. The summed E-state index contributed by atoms with van der Waals surface area (Å²) in [6.45, 7) is 4.80. The Hall–Kier alpha value is -7.68. The van der Waals surface area contributed by atoms with E-state index < -0.39 is 0 Å². The molecule has 0 bridgehead atoms. The van der Waals surface area contributed by atoms with Gasteiger partial charge >= 0.3 is 0 Å². The average molecular weight is 779 g/mol. The van der Waals surface area contributed by atoms with Gasteiger partial charge in [0, 0.05) is 38.9 Å². The number of hydrogen-bond acceptors (Lipinski definition) is 1. The van der Waals surface area contributed by atoms with Crippen LogP contribution in [-0.2, 0) is 5.41 Å². The zero-order valence-electron chi connectivity index (χ0n) is 34.2. The van der Waals surface area contributed by atoms with Crippen molar-refractivity contribution in [1.82, 2.24) is 4.57 Å². The molecule has 0 unspecified atom stereocenters. The summed E-state index contributed by atoms with van der Waals surface area (Å²) >= 11 is 0. The maximum Gasteiger partial charge on any atom is 0.0542 e. The molecule has 0 fully saturated rings. The van der Waals surface area contributed by atoms with Crippen molar-refractivity contribution < 1.29 is 0 Å². The van der Waals surface area contributed by atoms with E-state index in [4.69, 9.17) is 0 Å². The first-order valence-electron chi connectivity index (χ1n) is 21.3. The zero-order valence-corrected chi connectivity index (χ0v) is 34.2. The van der Waals surface area contributed by atoms with Gasteiger partial charge in [-0.05, 0) is 133 Å². The molecule has 1 aliphatic rings. The average Bonchev–Trinajstić information content (AvgIpc) is 3.76. The van der Waals surface area contributed by atoms with Crippen molar-refractivity contribution in [2.24, 2.45) is 0 Å². The van der Waals surface area contributed by atoms with Gasteiger partial charge in [0.05, 0.1) is 11.0 Å². The number of para-hydroxylation sites is 3. The second-order valence-corrected chi connectivity index (χ2v) is 16.9. The molecule has 1 aliphatic carbocycles. The largest absolute Gasteiger partial charge is 0.310 e. The van der Waals surface area contributed by atoms with Crippen LogP contribution in [0.1, 0.15) is 25.0 Å². The Morgan fingerprint density at radius 1 is 0.344 bits per heavy atom. The van der Waals surface area contributed by atoms with Crippen LogP contribution in [0, 0.1) is 0 Å². The van der Waals surface area contributed by atoms with E-state index in [9.17, 15) is 0 Å². The quantitative estimate of drug-likeness (QED) is 0.153. The number of aromatic nitrogens is 1. The fraction of sp³-hybridized carbons (Fsp3) is 0.0508. The lowest BCUT2D eigenvalue weighted by Crippen LogP contribution is -2.16. The van der Waals surface area contributed by atoms with Gasteiger partial charge in [-0.15, -0.1) is 0 Å². The minimum absolute atomic E-state index is 0.234. The molecule has 0 amide bonds. The maximum absolute atomic E-state index is 2.48. The number of fused-ring (bicyclic) bond motifs is 8. The van der Waals surface area contributed by atoms with Crippen molar-refractivity contribution in [3.8, 4) is 39.1 Å². The summed E-state index contributed by atoms with van der Waals surface area (Å²) in [5.41, 5.74) is 17.1. The number of benzene rings is 10. The molecule has 10 aromatic carbocycles. The van der Waals surface area contributed by atoms with E-state index >= 15 is 0 Å². The van der Waals surface area contributed by atoms with E-state index in [1.165, 1.54) is 87.9 Å². The lowest BCUT2D eigenvalue weighted by atomic mass is 9.80. The lowest BCUT2D eigenvalue weighted by molar-refractivity contribution is 0.660. The van der Waals surface area contributed by atoms with Crippen molar-refractivity contribution in [3.05, 3.63) is 230 Å². The van der Waals surface area contributed by atoms with Crippen LogP contribution in [0.25, 0.3) is 82.4 Å². The first kappa shape index (κ1) is 35.3. The van der Waals surface area contributed by atoms with Crippen LogP contribution in [0.5, 0.6) is 0 Å². The lowest BCUT2D eigenvalue weighted by Gasteiger charge is -2.28. The SMILES string of the molecule is CC1(C)c2cc(-c3c4ccccc4c(-c4ccccc4)c4ccccc34)ccc2-c2ccc(N(c3ccccc3)c3ccc4c(c3)c3ccccc3n4-c3ccccc3)cc21. The standard InChI is InChI=1S/C59H42N2/c1-59(2)53-36-40(58-50-27-14-12-25-48(50)57(39-18-6-3-7-19-39)49-26-13-15-28-51(49)58)30-33-45(53)46-34-31-44(38-54(46)59)60(41-20-8-4-9-21-41)43-32-35-56-52(37-43)47-24-16-17-29-55(47)61(56)42-22-10-5-11-23-42/h3-38H,1-2H3. The molecule has 288 valence electrons. The monoisotopic (exact) mass is 778 g/mol. The van der Waals surface area contributed by atoms with Crippen molar-refractivity contribution in [2.45, 2.75) is 19.3 Å². The molecule has 0 saturated heterocycles. The van der Waals surface area contributed by atoms with Crippen LogP contribution in [0.4, 0.5) is 17.1 Å². The minimum atomic E-state index is -0.234. The highest BCUT2D eigenvalue weighted by molar-refractivity contribution is 6.21. The van der Waals surface area contributed by atoms with Crippen LogP contribution in [0.2, 0.25) is 0 Å². The number of nitrogens with zero attached hydrogens (tertiary/aromatic N) is 2. The molecule has 0 aliphatic heterocycles. The fourth-order valence-electron chi connectivity index (χ4n) is 10.4. The fourth-order valence-corrected chi connectivity index (χ4v) is 10.4. The van der Waals surface area contributed by atoms with Crippen LogP contribution >= 0.6 is 0 Å². The Morgan fingerprint density at radius 3 is 1.48 bits per heavy atom. The van der Waals surface area contributed by atoms with Crippen molar-refractivity contribution in [1.29, 1.82) is 0 Å². The first-order valence-corrected chi connectivity index (χ1v) is 21.3. The predicted molar refractivity (Wildman–Crippen MR) is 259 cm³/mol. The molecule has 1 heterocycles. The van der Waals surface area contributed by atoms with Gasteiger partial charge in [-0.1, -0.05) is 166 Å². The topological polar surface area (TPSA) is 8.17 Å². The van der Waals surface area contributed by atoms with Crippen molar-refractivity contribution in [2.75, 3.05) is 4.90 Å². The van der Waals surface area contributed by atoms with E-state index in [2.05, 4.69) is 242 Å². The molecule has 11 aromatic rings. The molecule has 1 aromatic heterocycles. The molecule has 12 rings (SSSR count). The molecule has 0 atom stereocenters. The van der Waals surface area contributed by atoms with Gasteiger partial charge in [-0.2, -0.15) is 0 Å². The molecule has 0 saturated carbocycles. The van der Waals surface area contributed by atoms with Crippen LogP contribution in [0.3, 0.4) is 0 Å². The Morgan fingerprint density at radius 2 is 0.820 bits per heavy atom. The van der Waals surface area contributed by atoms with Crippen LogP contribution < -0.4 is 4.90 Å². The second-order valence-electron chi connectivity index (χ2n) is 16.9. The Kier molecular flexibility index (Phi) is 7.92.